The molecule has 3 fully saturated rings. The van der Waals surface area contributed by atoms with Gasteiger partial charge in [-0.15, -0.1) is 0 Å². The average Bonchev–Trinajstić information content (AvgIpc) is 3.15. The van der Waals surface area contributed by atoms with Crippen LogP contribution in [0.5, 0.6) is 0 Å². The third-order valence-electron chi connectivity index (χ3n) is 4.84. The van der Waals surface area contributed by atoms with Gasteiger partial charge in [-0.25, -0.2) is 0 Å². The summed E-state index contributed by atoms with van der Waals surface area (Å²) in [4.78, 5) is 11.9. The van der Waals surface area contributed by atoms with Crippen LogP contribution in [0.3, 0.4) is 0 Å². The fraction of sp³-hybridized carbons (Fsp3) is 0.562. The molecule has 19 heavy (non-hydrogen) atoms. The Hall–Kier alpha value is -1.19. The highest BCUT2D eigenvalue weighted by Crippen LogP contribution is 2.58. The fourth-order valence-corrected chi connectivity index (χ4v) is 3.88. The average molecular weight is 258 g/mol. The summed E-state index contributed by atoms with van der Waals surface area (Å²) < 4.78 is 11.6. The number of epoxide rings is 1. The van der Waals surface area contributed by atoms with Crippen molar-refractivity contribution in [2.24, 2.45) is 11.3 Å². The van der Waals surface area contributed by atoms with Crippen molar-refractivity contribution in [2.75, 3.05) is 6.61 Å². The molecule has 0 spiro atoms. The standard InChI is InChI=1S/C16H18O3/c17-13-8-16(7-12(13)6-14-15(16)19-14)10-18-9-11-4-2-1-3-5-11/h1-5,12,14-15H,6-10H2. The van der Waals surface area contributed by atoms with Gasteiger partial charge in [0.2, 0.25) is 0 Å². The van der Waals surface area contributed by atoms with E-state index in [4.69, 9.17) is 9.47 Å². The molecule has 1 aliphatic heterocycles. The van der Waals surface area contributed by atoms with E-state index in [2.05, 4.69) is 12.1 Å². The smallest absolute Gasteiger partial charge is 0.136 e. The molecule has 1 aromatic rings. The Bertz CT molecular complexity index is 498. The molecular formula is C16H18O3. The molecule has 1 aromatic carbocycles. The lowest BCUT2D eigenvalue weighted by molar-refractivity contribution is -0.121. The Morgan fingerprint density at radius 1 is 1.32 bits per heavy atom. The van der Waals surface area contributed by atoms with Crippen molar-refractivity contribution in [3.05, 3.63) is 35.9 Å². The zero-order valence-electron chi connectivity index (χ0n) is 10.9. The fourth-order valence-electron chi connectivity index (χ4n) is 3.88. The van der Waals surface area contributed by atoms with E-state index in [1.54, 1.807) is 0 Å². The predicted octanol–water partition coefficient (Wildman–Crippen LogP) is 2.34. The Labute approximate surface area is 112 Å². The Morgan fingerprint density at radius 3 is 3.00 bits per heavy atom. The first-order chi connectivity index (χ1) is 9.27. The maximum atomic E-state index is 11.9. The van der Waals surface area contributed by atoms with E-state index >= 15 is 0 Å². The summed E-state index contributed by atoms with van der Waals surface area (Å²) in [6.45, 7) is 1.28. The van der Waals surface area contributed by atoms with E-state index < -0.39 is 0 Å². The summed E-state index contributed by atoms with van der Waals surface area (Å²) in [5.74, 6) is 0.670. The molecule has 100 valence electrons. The van der Waals surface area contributed by atoms with Gasteiger partial charge in [-0.1, -0.05) is 30.3 Å². The van der Waals surface area contributed by atoms with E-state index in [9.17, 15) is 4.79 Å². The second-order valence-electron chi connectivity index (χ2n) is 6.22. The molecule has 3 nitrogen and oxygen atoms in total. The molecule has 3 heteroatoms. The Balaban J connectivity index is 1.41. The van der Waals surface area contributed by atoms with Crippen molar-refractivity contribution in [1.29, 1.82) is 0 Å². The number of hydrogen-bond donors (Lipinski definition) is 0. The van der Waals surface area contributed by atoms with E-state index in [0.717, 1.165) is 12.8 Å². The molecule has 2 bridgehead atoms. The second kappa shape index (κ2) is 4.15. The summed E-state index contributed by atoms with van der Waals surface area (Å²) in [7, 11) is 0. The number of fused-ring (bicyclic) bond motifs is 4. The van der Waals surface area contributed by atoms with E-state index in [1.165, 1.54) is 5.56 Å². The van der Waals surface area contributed by atoms with Crippen molar-refractivity contribution in [2.45, 2.75) is 38.1 Å². The van der Waals surface area contributed by atoms with Crippen LogP contribution >= 0.6 is 0 Å². The molecule has 0 radical (unpaired) electrons. The normalized spacial score (nSPS) is 39.2. The lowest BCUT2D eigenvalue weighted by atomic mass is 9.76. The Morgan fingerprint density at radius 2 is 2.16 bits per heavy atom. The Kier molecular flexibility index (Phi) is 2.54. The second-order valence-corrected chi connectivity index (χ2v) is 6.22. The third-order valence-corrected chi connectivity index (χ3v) is 4.84. The first kappa shape index (κ1) is 11.6. The molecule has 2 aliphatic carbocycles. The molecule has 0 aromatic heterocycles. The summed E-state index contributed by atoms with van der Waals surface area (Å²) in [6.07, 6.45) is 3.20. The summed E-state index contributed by atoms with van der Waals surface area (Å²) in [5.41, 5.74) is 1.17. The quantitative estimate of drug-likeness (QED) is 0.778. The zero-order valence-corrected chi connectivity index (χ0v) is 10.9. The van der Waals surface area contributed by atoms with Crippen LogP contribution in [0.1, 0.15) is 24.8 Å². The van der Waals surface area contributed by atoms with Crippen molar-refractivity contribution in [3.63, 3.8) is 0 Å². The van der Waals surface area contributed by atoms with Crippen molar-refractivity contribution in [3.8, 4) is 0 Å². The van der Waals surface area contributed by atoms with Crippen LogP contribution in [0, 0.1) is 11.3 Å². The summed E-state index contributed by atoms with van der Waals surface area (Å²) in [6, 6.07) is 10.2. The lowest BCUT2D eigenvalue weighted by Crippen LogP contribution is -2.34. The van der Waals surface area contributed by atoms with Crippen LogP contribution in [0.4, 0.5) is 0 Å². The van der Waals surface area contributed by atoms with Gasteiger partial charge in [0.15, 0.2) is 0 Å². The third kappa shape index (κ3) is 1.92. The van der Waals surface area contributed by atoms with Crippen LogP contribution in [0.2, 0.25) is 0 Å². The molecular weight excluding hydrogens is 240 g/mol. The van der Waals surface area contributed by atoms with Crippen molar-refractivity contribution >= 4 is 5.78 Å². The number of Topliss-reactive ketones (excluding diaryl/α,β-unsaturated/α-hetero) is 1. The van der Waals surface area contributed by atoms with Gasteiger partial charge in [-0.05, 0) is 18.4 Å². The molecule has 0 amide bonds. The number of carbonyl (C=O) groups is 1. The zero-order chi connectivity index (χ0) is 12.9. The molecule has 0 N–H and O–H groups in total. The van der Waals surface area contributed by atoms with E-state index in [-0.39, 0.29) is 17.4 Å². The van der Waals surface area contributed by atoms with Gasteiger partial charge in [0.05, 0.1) is 25.4 Å². The highest BCUT2D eigenvalue weighted by atomic mass is 16.6. The largest absolute Gasteiger partial charge is 0.376 e. The van der Waals surface area contributed by atoms with Gasteiger partial charge >= 0.3 is 0 Å². The number of rotatable bonds is 4. The van der Waals surface area contributed by atoms with Gasteiger partial charge in [0.1, 0.15) is 5.78 Å². The minimum atomic E-state index is -0.0144. The first-order valence-electron chi connectivity index (χ1n) is 7.07. The number of ketones is 1. The maximum Gasteiger partial charge on any atom is 0.136 e. The highest BCUT2D eigenvalue weighted by Gasteiger charge is 2.64. The first-order valence-corrected chi connectivity index (χ1v) is 7.07. The van der Waals surface area contributed by atoms with E-state index in [1.807, 2.05) is 18.2 Å². The molecule has 4 unspecified atom stereocenters. The molecule has 3 aliphatic rings. The lowest BCUT2D eigenvalue weighted by Gasteiger charge is -2.29. The summed E-state index contributed by atoms with van der Waals surface area (Å²) in [5, 5.41) is 0. The maximum absolute atomic E-state index is 11.9. The minimum absolute atomic E-state index is 0.0144. The van der Waals surface area contributed by atoms with Crippen LogP contribution in [0.25, 0.3) is 0 Å². The highest BCUT2D eigenvalue weighted by molar-refractivity contribution is 5.85. The van der Waals surface area contributed by atoms with Crippen molar-refractivity contribution < 1.29 is 14.3 Å². The van der Waals surface area contributed by atoms with Crippen LogP contribution in [-0.2, 0) is 20.9 Å². The van der Waals surface area contributed by atoms with Crippen LogP contribution in [0.15, 0.2) is 30.3 Å². The molecule has 1 heterocycles. The molecule has 4 atom stereocenters. The topological polar surface area (TPSA) is 38.8 Å². The van der Waals surface area contributed by atoms with Gasteiger partial charge in [0, 0.05) is 17.8 Å². The summed E-state index contributed by atoms with van der Waals surface area (Å²) >= 11 is 0. The molecule has 1 saturated heterocycles. The monoisotopic (exact) mass is 258 g/mol. The van der Waals surface area contributed by atoms with E-state index in [0.29, 0.717) is 31.5 Å². The SMILES string of the molecule is O=C1CC2(COCc3ccccc3)CC1CC1OC12. The van der Waals surface area contributed by atoms with Crippen molar-refractivity contribution in [1.82, 2.24) is 0 Å². The van der Waals surface area contributed by atoms with Crippen LogP contribution in [-0.4, -0.2) is 24.6 Å². The van der Waals surface area contributed by atoms with Gasteiger partial charge < -0.3 is 9.47 Å². The van der Waals surface area contributed by atoms with Gasteiger partial charge in [-0.2, -0.15) is 0 Å². The number of benzene rings is 1. The minimum Gasteiger partial charge on any atom is -0.376 e. The molecule has 2 saturated carbocycles. The van der Waals surface area contributed by atoms with Gasteiger partial charge in [0.25, 0.3) is 0 Å². The molecule has 4 rings (SSSR count). The number of ether oxygens (including phenoxy) is 2. The predicted molar refractivity (Wildman–Crippen MR) is 69.5 cm³/mol. The number of hydrogen-bond acceptors (Lipinski definition) is 3. The van der Waals surface area contributed by atoms with Gasteiger partial charge in [-0.3, -0.25) is 4.79 Å². The van der Waals surface area contributed by atoms with Crippen LogP contribution < -0.4 is 0 Å². The number of carbonyl (C=O) groups excluding carboxylic acids is 1.